The minimum Gasteiger partial charge on any atom is -0.478 e. The van der Waals surface area contributed by atoms with Crippen molar-refractivity contribution in [1.29, 1.82) is 0 Å². The summed E-state index contributed by atoms with van der Waals surface area (Å²) in [5, 5.41) is 4.19. The molecule has 0 aliphatic heterocycles. The molecule has 2 rings (SSSR count). The van der Waals surface area contributed by atoms with Crippen LogP contribution in [0.15, 0.2) is 24.8 Å². The van der Waals surface area contributed by atoms with Crippen molar-refractivity contribution in [2.75, 3.05) is 18.6 Å². The van der Waals surface area contributed by atoms with Gasteiger partial charge in [-0.2, -0.15) is 5.10 Å². The van der Waals surface area contributed by atoms with E-state index >= 15 is 0 Å². The summed E-state index contributed by atoms with van der Waals surface area (Å²) in [6.45, 7) is 4.64. The smallest absolute Gasteiger partial charge is 0.218 e. The van der Waals surface area contributed by atoms with Gasteiger partial charge < -0.3 is 9.64 Å². The molecule has 2 aromatic heterocycles. The lowest BCUT2D eigenvalue weighted by atomic mass is 10.1. The fraction of sp³-hybridized carbons (Fsp3) is 0.462. The molecule has 6 heteroatoms. The second-order valence-corrected chi connectivity index (χ2v) is 4.38. The standard InChI is InChI=1S/C13H19N5O/c1-5-19-13-6-12(14-9-15-13)18(4)10(2)11-7-16-17(3)8-11/h6-10H,5H2,1-4H3/t10-/m1/s1. The molecule has 0 aromatic carbocycles. The lowest BCUT2D eigenvalue weighted by molar-refractivity contribution is 0.326. The van der Waals surface area contributed by atoms with Crippen molar-refractivity contribution in [2.45, 2.75) is 19.9 Å². The Balaban J connectivity index is 2.18. The summed E-state index contributed by atoms with van der Waals surface area (Å²) < 4.78 is 7.19. The predicted molar refractivity (Wildman–Crippen MR) is 73.2 cm³/mol. The zero-order valence-corrected chi connectivity index (χ0v) is 11.7. The Morgan fingerprint density at radius 2 is 2.21 bits per heavy atom. The molecule has 0 fully saturated rings. The van der Waals surface area contributed by atoms with Crippen molar-refractivity contribution in [3.8, 4) is 5.88 Å². The normalized spacial score (nSPS) is 12.2. The summed E-state index contributed by atoms with van der Waals surface area (Å²) in [6, 6.07) is 2.02. The molecule has 0 radical (unpaired) electrons. The number of aromatic nitrogens is 4. The minimum absolute atomic E-state index is 0.179. The minimum atomic E-state index is 0.179. The molecule has 2 heterocycles. The first-order valence-electron chi connectivity index (χ1n) is 6.28. The van der Waals surface area contributed by atoms with Crippen LogP contribution in [0.3, 0.4) is 0 Å². The molecule has 0 spiro atoms. The highest BCUT2D eigenvalue weighted by atomic mass is 16.5. The SMILES string of the molecule is CCOc1cc(N(C)[C@H](C)c2cnn(C)c2)ncn1. The Labute approximate surface area is 113 Å². The summed E-state index contributed by atoms with van der Waals surface area (Å²) in [4.78, 5) is 10.4. The quantitative estimate of drug-likeness (QED) is 0.821. The van der Waals surface area contributed by atoms with Crippen LogP contribution in [0.5, 0.6) is 5.88 Å². The summed E-state index contributed by atoms with van der Waals surface area (Å²) >= 11 is 0. The van der Waals surface area contributed by atoms with Gasteiger partial charge in [-0.25, -0.2) is 9.97 Å². The van der Waals surface area contributed by atoms with Gasteiger partial charge in [-0.05, 0) is 13.8 Å². The van der Waals surface area contributed by atoms with Crippen LogP contribution in [0.25, 0.3) is 0 Å². The average Bonchev–Trinajstić information content (AvgIpc) is 2.84. The van der Waals surface area contributed by atoms with Gasteiger partial charge in [0.05, 0.1) is 18.8 Å². The molecular weight excluding hydrogens is 242 g/mol. The highest BCUT2D eigenvalue weighted by Crippen LogP contribution is 2.24. The van der Waals surface area contributed by atoms with Crippen LogP contribution < -0.4 is 9.64 Å². The van der Waals surface area contributed by atoms with Crippen molar-refractivity contribution < 1.29 is 4.74 Å². The van der Waals surface area contributed by atoms with E-state index in [1.807, 2.05) is 39.5 Å². The van der Waals surface area contributed by atoms with Crippen molar-refractivity contribution in [3.63, 3.8) is 0 Å². The summed E-state index contributed by atoms with van der Waals surface area (Å²) in [5.74, 6) is 1.42. The van der Waals surface area contributed by atoms with Gasteiger partial charge in [-0.15, -0.1) is 0 Å². The Hall–Kier alpha value is -2.11. The van der Waals surface area contributed by atoms with E-state index in [4.69, 9.17) is 4.74 Å². The maximum absolute atomic E-state index is 5.39. The summed E-state index contributed by atoms with van der Waals surface area (Å²) in [5.41, 5.74) is 1.14. The molecule has 1 atom stereocenters. The van der Waals surface area contributed by atoms with E-state index < -0.39 is 0 Å². The molecule has 0 saturated heterocycles. The van der Waals surface area contributed by atoms with Gasteiger partial charge in [0.1, 0.15) is 12.1 Å². The molecule has 0 N–H and O–H groups in total. The van der Waals surface area contributed by atoms with Crippen LogP contribution in [-0.4, -0.2) is 33.4 Å². The Morgan fingerprint density at radius 1 is 1.42 bits per heavy atom. The third-order valence-corrected chi connectivity index (χ3v) is 3.07. The second-order valence-electron chi connectivity index (χ2n) is 4.38. The number of rotatable bonds is 5. The first-order chi connectivity index (χ1) is 9.11. The largest absolute Gasteiger partial charge is 0.478 e. The first-order valence-corrected chi connectivity index (χ1v) is 6.28. The van der Waals surface area contributed by atoms with Gasteiger partial charge in [-0.1, -0.05) is 0 Å². The summed E-state index contributed by atoms with van der Waals surface area (Å²) in [7, 11) is 3.91. The monoisotopic (exact) mass is 261 g/mol. The maximum atomic E-state index is 5.39. The lowest BCUT2D eigenvalue weighted by Gasteiger charge is -2.25. The van der Waals surface area contributed by atoms with E-state index in [2.05, 4.69) is 26.9 Å². The molecule has 102 valence electrons. The molecule has 0 amide bonds. The van der Waals surface area contributed by atoms with Crippen LogP contribution in [0, 0.1) is 0 Å². The van der Waals surface area contributed by atoms with E-state index in [1.165, 1.54) is 6.33 Å². The zero-order chi connectivity index (χ0) is 13.8. The Bertz CT molecular complexity index is 539. The average molecular weight is 261 g/mol. The van der Waals surface area contributed by atoms with Gasteiger partial charge in [0.15, 0.2) is 0 Å². The van der Waals surface area contributed by atoms with Crippen LogP contribution in [0.4, 0.5) is 5.82 Å². The van der Waals surface area contributed by atoms with Gasteiger partial charge in [0.2, 0.25) is 5.88 Å². The van der Waals surface area contributed by atoms with Crippen molar-refractivity contribution in [3.05, 3.63) is 30.4 Å². The van der Waals surface area contributed by atoms with Crippen LogP contribution >= 0.6 is 0 Å². The van der Waals surface area contributed by atoms with E-state index in [9.17, 15) is 0 Å². The fourth-order valence-corrected chi connectivity index (χ4v) is 1.83. The van der Waals surface area contributed by atoms with Gasteiger partial charge in [0.25, 0.3) is 0 Å². The van der Waals surface area contributed by atoms with E-state index in [-0.39, 0.29) is 6.04 Å². The number of aryl methyl sites for hydroxylation is 1. The summed E-state index contributed by atoms with van der Waals surface area (Å²) in [6.07, 6.45) is 5.39. The highest BCUT2D eigenvalue weighted by Gasteiger charge is 2.15. The Kier molecular flexibility index (Phi) is 3.99. The number of hydrogen-bond acceptors (Lipinski definition) is 5. The maximum Gasteiger partial charge on any atom is 0.218 e. The lowest BCUT2D eigenvalue weighted by Crippen LogP contribution is -2.22. The van der Waals surface area contributed by atoms with Crippen molar-refractivity contribution in [1.82, 2.24) is 19.7 Å². The Morgan fingerprint density at radius 3 is 2.84 bits per heavy atom. The third kappa shape index (κ3) is 3.01. The molecule has 0 aliphatic carbocycles. The van der Waals surface area contributed by atoms with E-state index in [0.717, 1.165) is 11.4 Å². The number of anilines is 1. The number of ether oxygens (including phenoxy) is 1. The zero-order valence-electron chi connectivity index (χ0n) is 11.7. The topological polar surface area (TPSA) is 56.1 Å². The van der Waals surface area contributed by atoms with Crippen molar-refractivity contribution >= 4 is 5.82 Å². The molecule has 6 nitrogen and oxygen atoms in total. The van der Waals surface area contributed by atoms with Gasteiger partial charge in [0, 0.05) is 31.9 Å². The van der Waals surface area contributed by atoms with Crippen molar-refractivity contribution in [2.24, 2.45) is 7.05 Å². The van der Waals surface area contributed by atoms with Gasteiger partial charge in [-0.3, -0.25) is 4.68 Å². The van der Waals surface area contributed by atoms with Crippen LogP contribution in [0.2, 0.25) is 0 Å². The van der Waals surface area contributed by atoms with Gasteiger partial charge >= 0.3 is 0 Å². The molecule has 0 aliphatic rings. The second kappa shape index (κ2) is 5.69. The van der Waals surface area contributed by atoms with E-state index in [1.54, 1.807) is 4.68 Å². The molecule has 0 unspecified atom stereocenters. The fourth-order valence-electron chi connectivity index (χ4n) is 1.83. The predicted octanol–water partition coefficient (Wildman–Crippen LogP) is 1.81. The first kappa shape index (κ1) is 13.3. The number of nitrogens with zero attached hydrogens (tertiary/aromatic N) is 5. The third-order valence-electron chi connectivity index (χ3n) is 3.07. The molecule has 2 aromatic rings. The highest BCUT2D eigenvalue weighted by molar-refractivity contribution is 5.42. The molecule has 0 bridgehead atoms. The molecular formula is C13H19N5O. The van der Waals surface area contributed by atoms with Crippen LogP contribution in [-0.2, 0) is 7.05 Å². The number of hydrogen-bond donors (Lipinski definition) is 0. The molecule has 0 saturated carbocycles. The molecule has 19 heavy (non-hydrogen) atoms. The van der Waals surface area contributed by atoms with Crippen LogP contribution in [0.1, 0.15) is 25.5 Å². The van der Waals surface area contributed by atoms with E-state index in [0.29, 0.717) is 12.5 Å².